The molecule has 6 heteroatoms. The number of sulfonamides is 1. The second-order valence-electron chi connectivity index (χ2n) is 3.35. The van der Waals surface area contributed by atoms with Gasteiger partial charge in [0.15, 0.2) is 0 Å². The average molecular weight is 308 g/mol. The Balaban J connectivity index is 2.51. The predicted octanol–water partition coefficient (Wildman–Crippen LogP) is 1.25. The monoisotopic (exact) mass is 307 g/mol. The molecule has 0 radical (unpaired) electrons. The minimum atomic E-state index is -3.28. The third-order valence-electron chi connectivity index (χ3n) is 1.96. The van der Waals surface area contributed by atoms with E-state index in [0.717, 1.165) is 10.0 Å². The Labute approximate surface area is 104 Å². The van der Waals surface area contributed by atoms with Gasteiger partial charge in [-0.2, -0.15) is 0 Å². The van der Waals surface area contributed by atoms with E-state index in [9.17, 15) is 8.42 Å². The topological polar surface area (TPSA) is 66.4 Å². The van der Waals surface area contributed by atoms with Crippen molar-refractivity contribution in [2.45, 2.75) is 13.0 Å². The van der Waals surface area contributed by atoms with Gasteiger partial charge in [-0.1, -0.05) is 28.1 Å². The van der Waals surface area contributed by atoms with E-state index in [2.05, 4.69) is 20.7 Å². The van der Waals surface area contributed by atoms with Crippen LogP contribution in [0.3, 0.4) is 0 Å². The lowest BCUT2D eigenvalue weighted by Crippen LogP contribution is -2.26. The molecule has 0 heterocycles. The van der Waals surface area contributed by atoms with Gasteiger partial charge in [0.05, 0.1) is 5.75 Å². The van der Waals surface area contributed by atoms with Gasteiger partial charge in [-0.15, -0.1) is 0 Å². The summed E-state index contributed by atoms with van der Waals surface area (Å²) in [5.41, 5.74) is 0.891. The maximum atomic E-state index is 11.4. The largest absolute Gasteiger partial charge is 0.396 e. The molecule has 1 aromatic carbocycles. The molecule has 0 unspecified atom stereocenters. The normalized spacial score (nSPS) is 11.6. The summed E-state index contributed by atoms with van der Waals surface area (Å²) < 4.78 is 26.2. The first-order valence-corrected chi connectivity index (χ1v) is 7.31. The third-order valence-corrected chi connectivity index (χ3v) is 3.86. The molecule has 90 valence electrons. The minimum absolute atomic E-state index is 0.0441. The Morgan fingerprint density at radius 3 is 2.75 bits per heavy atom. The van der Waals surface area contributed by atoms with E-state index in [0.29, 0.717) is 0 Å². The maximum absolute atomic E-state index is 11.4. The molecule has 1 aromatic rings. The van der Waals surface area contributed by atoms with Gasteiger partial charge in [0.2, 0.25) is 10.0 Å². The van der Waals surface area contributed by atoms with E-state index >= 15 is 0 Å². The van der Waals surface area contributed by atoms with Crippen LogP contribution in [0.2, 0.25) is 0 Å². The molecule has 16 heavy (non-hydrogen) atoms. The molecule has 0 aliphatic rings. The minimum Gasteiger partial charge on any atom is -0.396 e. The first kappa shape index (κ1) is 13.6. The molecule has 0 amide bonds. The highest BCUT2D eigenvalue weighted by Crippen LogP contribution is 2.11. The molecule has 0 fully saturated rings. The van der Waals surface area contributed by atoms with Crippen molar-refractivity contribution in [2.75, 3.05) is 12.4 Å². The summed E-state index contributed by atoms with van der Waals surface area (Å²) in [7, 11) is -3.28. The first-order chi connectivity index (χ1) is 7.53. The second kappa shape index (κ2) is 6.34. The van der Waals surface area contributed by atoms with E-state index in [-0.39, 0.29) is 25.3 Å². The van der Waals surface area contributed by atoms with Crippen molar-refractivity contribution in [3.63, 3.8) is 0 Å². The van der Waals surface area contributed by atoms with Gasteiger partial charge in [0.25, 0.3) is 0 Å². The van der Waals surface area contributed by atoms with Crippen molar-refractivity contribution in [3.8, 4) is 0 Å². The Morgan fingerprint density at radius 2 is 2.12 bits per heavy atom. The van der Waals surface area contributed by atoms with E-state index in [1.54, 1.807) is 0 Å². The summed E-state index contributed by atoms with van der Waals surface area (Å²) in [6, 6.07) is 7.43. The molecule has 0 aliphatic heterocycles. The molecule has 0 spiro atoms. The Hall–Kier alpha value is -0.430. The quantitative estimate of drug-likeness (QED) is 0.831. The number of rotatable bonds is 6. The van der Waals surface area contributed by atoms with Crippen molar-refractivity contribution >= 4 is 26.0 Å². The smallest absolute Gasteiger partial charge is 0.211 e. The van der Waals surface area contributed by atoms with Gasteiger partial charge in [-0.05, 0) is 24.1 Å². The highest BCUT2D eigenvalue weighted by molar-refractivity contribution is 9.10. The van der Waals surface area contributed by atoms with Gasteiger partial charge in [0.1, 0.15) is 0 Å². The SMILES string of the molecule is O=S(=O)(CCCO)NCc1cccc(Br)c1. The molecular weight excluding hydrogens is 294 g/mol. The number of aliphatic hydroxyl groups is 1. The second-order valence-corrected chi connectivity index (χ2v) is 6.19. The van der Waals surface area contributed by atoms with Crippen molar-refractivity contribution in [1.29, 1.82) is 0 Å². The lowest BCUT2D eigenvalue weighted by atomic mass is 10.2. The highest BCUT2D eigenvalue weighted by Gasteiger charge is 2.08. The Kier molecular flexibility index (Phi) is 5.40. The molecule has 0 atom stereocenters. The molecule has 0 saturated heterocycles. The van der Waals surface area contributed by atoms with Crippen LogP contribution in [0.15, 0.2) is 28.7 Å². The Bertz CT molecular complexity index is 433. The number of halogens is 1. The zero-order valence-electron chi connectivity index (χ0n) is 8.69. The van der Waals surface area contributed by atoms with Gasteiger partial charge in [-0.3, -0.25) is 0 Å². The molecular formula is C10H14BrNO3S. The van der Waals surface area contributed by atoms with Crippen LogP contribution in [-0.2, 0) is 16.6 Å². The molecule has 2 N–H and O–H groups in total. The van der Waals surface area contributed by atoms with E-state index < -0.39 is 10.0 Å². The number of hydrogen-bond acceptors (Lipinski definition) is 3. The lowest BCUT2D eigenvalue weighted by Gasteiger charge is -2.06. The highest BCUT2D eigenvalue weighted by atomic mass is 79.9. The molecule has 0 saturated carbocycles. The fraction of sp³-hybridized carbons (Fsp3) is 0.400. The molecule has 0 aliphatic carbocycles. The lowest BCUT2D eigenvalue weighted by molar-refractivity contribution is 0.295. The number of aliphatic hydroxyl groups excluding tert-OH is 1. The standard InChI is InChI=1S/C10H14BrNO3S/c11-10-4-1-3-9(7-10)8-12-16(14,15)6-2-5-13/h1,3-4,7,12-13H,2,5-6,8H2. The van der Waals surface area contributed by atoms with Crippen LogP contribution in [0, 0.1) is 0 Å². The fourth-order valence-electron chi connectivity index (χ4n) is 1.17. The van der Waals surface area contributed by atoms with Gasteiger partial charge < -0.3 is 5.11 Å². The van der Waals surface area contributed by atoms with Gasteiger partial charge in [0, 0.05) is 17.6 Å². The third kappa shape index (κ3) is 5.07. The van der Waals surface area contributed by atoms with E-state index in [1.165, 1.54) is 0 Å². The predicted molar refractivity (Wildman–Crippen MR) is 66.5 cm³/mol. The number of benzene rings is 1. The van der Waals surface area contributed by atoms with Crippen molar-refractivity contribution in [3.05, 3.63) is 34.3 Å². The average Bonchev–Trinajstić information content (AvgIpc) is 2.24. The van der Waals surface area contributed by atoms with Crippen LogP contribution in [-0.4, -0.2) is 25.9 Å². The van der Waals surface area contributed by atoms with Crippen LogP contribution in [0.5, 0.6) is 0 Å². The zero-order chi connectivity index (χ0) is 12.0. The van der Waals surface area contributed by atoms with Crippen molar-refractivity contribution < 1.29 is 13.5 Å². The maximum Gasteiger partial charge on any atom is 0.211 e. The van der Waals surface area contributed by atoms with Crippen LogP contribution in [0.4, 0.5) is 0 Å². The molecule has 0 bridgehead atoms. The van der Waals surface area contributed by atoms with Gasteiger partial charge >= 0.3 is 0 Å². The molecule has 4 nitrogen and oxygen atoms in total. The first-order valence-electron chi connectivity index (χ1n) is 4.86. The van der Waals surface area contributed by atoms with Crippen LogP contribution >= 0.6 is 15.9 Å². The van der Waals surface area contributed by atoms with Gasteiger partial charge in [-0.25, -0.2) is 13.1 Å². The van der Waals surface area contributed by atoms with E-state index in [1.807, 2.05) is 24.3 Å². The van der Waals surface area contributed by atoms with Crippen LogP contribution in [0.25, 0.3) is 0 Å². The van der Waals surface area contributed by atoms with Crippen LogP contribution in [0.1, 0.15) is 12.0 Å². The summed E-state index contributed by atoms with van der Waals surface area (Å²) in [6.07, 6.45) is 0.258. The summed E-state index contributed by atoms with van der Waals surface area (Å²) >= 11 is 3.31. The fourth-order valence-corrected chi connectivity index (χ4v) is 2.65. The van der Waals surface area contributed by atoms with E-state index in [4.69, 9.17) is 5.11 Å². The number of nitrogens with one attached hydrogen (secondary N) is 1. The number of hydrogen-bond donors (Lipinski definition) is 2. The van der Waals surface area contributed by atoms with Crippen molar-refractivity contribution in [2.24, 2.45) is 0 Å². The van der Waals surface area contributed by atoms with Crippen molar-refractivity contribution in [1.82, 2.24) is 4.72 Å². The summed E-state index contributed by atoms with van der Waals surface area (Å²) in [6.45, 7) is 0.158. The molecule has 0 aromatic heterocycles. The molecule has 1 rings (SSSR count). The summed E-state index contributed by atoms with van der Waals surface area (Å²) in [5, 5.41) is 8.55. The summed E-state index contributed by atoms with van der Waals surface area (Å²) in [5.74, 6) is -0.0441. The Morgan fingerprint density at radius 1 is 1.38 bits per heavy atom. The van der Waals surface area contributed by atoms with Crippen LogP contribution < -0.4 is 4.72 Å². The summed E-state index contributed by atoms with van der Waals surface area (Å²) in [4.78, 5) is 0. The zero-order valence-corrected chi connectivity index (χ0v) is 11.1.